The van der Waals surface area contributed by atoms with Gasteiger partial charge in [-0.3, -0.25) is 19.4 Å². The van der Waals surface area contributed by atoms with Crippen LogP contribution in [0.3, 0.4) is 0 Å². The molecule has 9 nitrogen and oxygen atoms in total. The van der Waals surface area contributed by atoms with E-state index in [4.69, 9.17) is 4.52 Å². The van der Waals surface area contributed by atoms with E-state index in [1.54, 1.807) is 10.9 Å². The second kappa shape index (κ2) is 7.92. The third-order valence-electron chi connectivity index (χ3n) is 5.66. The van der Waals surface area contributed by atoms with Gasteiger partial charge in [0.25, 0.3) is 11.6 Å². The fourth-order valence-corrected chi connectivity index (χ4v) is 3.99. The molecule has 31 heavy (non-hydrogen) atoms. The van der Waals surface area contributed by atoms with Crippen molar-refractivity contribution in [1.82, 2.24) is 34.7 Å². The maximum Gasteiger partial charge on any atom is 0.259 e. The molecule has 9 heteroatoms. The summed E-state index contributed by atoms with van der Waals surface area (Å²) in [7, 11) is 1.85. The summed E-state index contributed by atoms with van der Waals surface area (Å²) in [6.07, 6.45) is 7.21. The zero-order valence-electron chi connectivity index (χ0n) is 17.5. The highest BCUT2D eigenvalue weighted by Gasteiger charge is 2.26. The van der Waals surface area contributed by atoms with E-state index in [9.17, 15) is 4.79 Å². The maximum absolute atomic E-state index is 13.5. The molecule has 4 aromatic heterocycles. The first-order valence-electron chi connectivity index (χ1n) is 10.2. The van der Waals surface area contributed by atoms with Crippen LogP contribution in [0.1, 0.15) is 21.6 Å². The fraction of sp³-hybridized carbons (Fsp3) is 0.318. The average molecular weight is 417 g/mol. The van der Waals surface area contributed by atoms with Crippen molar-refractivity contribution >= 4 is 17.0 Å². The third kappa shape index (κ3) is 3.79. The first-order chi connectivity index (χ1) is 15.1. The number of hydrogen-bond acceptors (Lipinski definition) is 7. The van der Waals surface area contributed by atoms with Gasteiger partial charge in [-0.1, -0.05) is 5.16 Å². The molecule has 0 aromatic carbocycles. The molecule has 1 aliphatic rings. The Morgan fingerprint density at radius 1 is 1.16 bits per heavy atom. The number of rotatable bonds is 4. The third-order valence-corrected chi connectivity index (χ3v) is 5.66. The van der Waals surface area contributed by atoms with Crippen LogP contribution in [-0.4, -0.2) is 66.8 Å². The molecule has 1 amide bonds. The summed E-state index contributed by atoms with van der Waals surface area (Å²) in [4.78, 5) is 26.4. The molecular weight excluding hydrogens is 394 g/mol. The minimum Gasteiger partial charge on any atom is -0.336 e. The number of aryl methyl sites for hydroxylation is 2. The number of carbonyl (C=O) groups is 1. The highest BCUT2D eigenvalue weighted by molar-refractivity contribution is 6.07. The van der Waals surface area contributed by atoms with Crippen LogP contribution in [0, 0.1) is 6.92 Å². The average Bonchev–Trinajstić information content (AvgIpc) is 3.40. The lowest BCUT2D eigenvalue weighted by Gasteiger charge is -2.34. The van der Waals surface area contributed by atoms with Crippen molar-refractivity contribution in [3.8, 4) is 11.3 Å². The molecule has 0 saturated carbocycles. The van der Waals surface area contributed by atoms with E-state index >= 15 is 0 Å². The molecule has 0 spiro atoms. The van der Waals surface area contributed by atoms with Gasteiger partial charge in [0.2, 0.25) is 0 Å². The zero-order chi connectivity index (χ0) is 21.4. The van der Waals surface area contributed by atoms with Crippen LogP contribution in [-0.2, 0) is 13.6 Å². The highest BCUT2D eigenvalue weighted by Crippen LogP contribution is 2.28. The van der Waals surface area contributed by atoms with Gasteiger partial charge in [-0.15, -0.1) is 0 Å². The number of fused-ring (bicyclic) bond motifs is 1. The smallest absolute Gasteiger partial charge is 0.259 e. The summed E-state index contributed by atoms with van der Waals surface area (Å²) in [6, 6.07) is 5.88. The predicted octanol–water partition coefficient (Wildman–Crippen LogP) is 2.28. The number of piperazine rings is 1. The maximum atomic E-state index is 13.5. The number of amides is 1. The fourth-order valence-electron chi connectivity index (χ4n) is 3.99. The molecule has 1 fully saturated rings. The largest absolute Gasteiger partial charge is 0.336 e. The lowest BCUT2D eigenvalue weighted by atomic mass is 10.1. The zero-order valence-corrected chi connectivity index (χ0v) is 17.5. The van der Waals surface area contributed by atoms with Crippen LogP contribution in [0.25, 0.3) is 22.4 Å². The molecule has 0 unspecified atom stereocenters. The Bertz CT molecular complexity index is 1220. The Kier molecular flexibility index (Phi) is 4.95. The lowest BCUT2D eigenvalue weighted by molar-refractivity contribution is 0.0630. The van der Waals surface area contributed by atoms with E-state index in [0.29, 0.717) is 41.1 Å². The summed E-state index contributed by atoms with van der Waals surface area (Å²) < 4.78 is 7.11. The lowest BCUT2D eigenvalue weighted by Crippen LogP contribution is -2.48. The summed E-state index contributed by atoms with van der Waals surface area (Å²) in [5, 5.41) is 8.93. The molecule has 4 aromatic rings. The molecule has 0 aliphatic carbocycles. The predicted molar refractivity (Wildman–Crippen MR) is 114 cm³/mol. The standard InChI is InChI=1S/C22H23N7O2/c1-15-20-18(11-19(25-21(20)31-26-15)17-12-24-27(2)14-17)22(30)29-9-7-28(8-10-29)13-16-3-5-23-6-4-16/h3-6,11-12,14H,7-10,13H2,1-2H3. The normalized spacial score (nSPS) is 15.0. The van der Waals surface area contributed by atoms with Crippen molar-refractivity contribution in [2.24, 2.45) is 7.05 Å². The molecule has 158 valence electrons. The van der Waals surface area contributed by atoms with Crippen LogP contribution in [0.5, 0.6) is 0 Å². The van der Waals surface area contributed by atoms with E-state index < -0.39 is 0 Å². The minimum atomic E-state index is -0.0209. The van der Waals surface area contributed by atoms with Crippen molar-refractivity contribution in [1.29, 1.82) is 0 Å². The molecule has 5 rings (SSSR count). The molecule has 0 N–H and O–H groups in total. The van der Waals surface area contributed by atoms with Crippen LogP contribution >= 0.6 is 0 Å². The van der Waals surface area contributed by atoms with Gasteiger partial charge in [-0.2, -0.15) is 5.10 Å². The van der Waals surface area contributed by atoms with Crippen LogP contribution in [0.15, 0.2) is 47.5 Å². The first-order valence-corrected chi connectivity index (χ1v) is 10.2. The van der Waals surface area contributed by atoms with Crippen molar-refractivity contribution in [3.05, 3.63) is 59.8 Å². The van der Waals surface area contributed by atoms with Crippen molar-refractivity contribution in [2.45, 2.75) is 13.5 Å². The van der Waals surface area contributed by atoms with Crippen molar-refractivity contribution in [2.75, 3.05) is 26.2 Å². The van der Waals surface area contributed by atoms with Gasteiger partial charge in [0.1, 0.15) is 0 Å². The Morgan fingerprint density at radius 3 is 2.65 bits per heavy atom. The molecular formula is C22H23N7O2. The second-order valence-corrected chi connectivity index (χ2v) is 7.83. The molecule has 0 radical (unpaired) electrons. The number of carbonyl (C=O) groups excluding carboxylic acids is 1. The number of nitrogens with zero attached hydrogens (tertiary/aromatic N) is 7. The topological polar surface area (TPSA) is 93.2 Å². The summed E-state index contributed by atoms with van der Waals surface area (Å²) in [5.41, 5.74) is 4.32. The molecule has 0 bridgehead atoms. The van der Waals surface area contributed by atoms with Gasteiger partial charge >= 0.3 is 0 Å². The van der Waals surface area contributed by atoms with E-state index in [1.807, 2.05) is 55.7 Å². The van der Waals surface area contributed by atoms with Crippen molar-refractivity contribution < 1.29 is 9.32 Å². The van der Waals surface area contributed by atoms with E-state index in [0.717, 1.165) is 25.2 Å². The molecule has 1 saturated heterocycles. The molecule has 1 aliphatic heterocycles. The Balaban J connectivity index is 1.39. The first kappa shape index (κ1) is 19.4. The Hall–Kier alpha value is -3.59. The van der Waals surface area contributed by atoms with Crippen LogP contribution in [0.4, 0.5) is 0 Å². The van der Waals surface area contributed by atoms with E-state index in [1.165, 1.54) is 5.56 Å². The summed E-state index contributed by atoms with van der Waals surface area (Å²) >= 11 is 0. The molecule has 5 heterocycles. The van der Waals surface area contributed by atoms with E-state index in [2.05, 4.69) is 25.1 Å². The minimum absolute atomic E-state index is 0.0209. The van der Waals surface area contributed by atoms with Crippen LogP contribution in [0.2, 0.25) is 0 Å². The van der Waals surface area contributed by atoms with E-state index in [-0.39, 0.29) is 5.91 Å². The molecule has 0 atom stereocenters. The Morgan fingerprint density at radius 2 is 1.94 bits per heavy atom. The summed E-state index contributed by atoms with van der Waals surface area (Å²) in [5.74, 6) is -0.0209. The van der Waals surface area contributed by atoms with Crippen LogP contribution < -0.4 is 0 Å². The summed E-state index contributed by atoms with van der Waals surface area (Å²) in [6.45, 7) is 5.67. The number of pyridine rings is 2. The number of aromatic nitrogens is 5. The Labute approximate surface area is 179 Å². The number of hydrogen-bond donors (Lipinski definition) is 0. The second-order valence-electron chi connectivity index (χ2n) is 7.83. The van der Waals surface area contributed by atoms with Crippen molar-refractivity contribution in [3.63, 3.8) is 0 Å². The van der Waals surface area contributed by atoms with Gasteiger partial charge in [0, 0.05) is 63.9 Å². The van der Waals surface area contributed by atoms with Gasteiger partial charge < -0.3 is 9.42 Å². The quantitative estimate of drug-likeness (QED) is 0.503. The van der Waals surface area contributed by atoms with Gasteiger partial charge in [-0.25, -0.2) is 4.98 Å². The SMILES string of the molecule is Cc1noc2nc(-c3cnn(C)c3)cc(C(=O)N3CCN(Cc4ccncc4)CC3)c12. The highest BCUT2D eigenvalue weighted by atomic mass is 16.5. The van der Waals surface area contributed by atoms with Gasteiger partial charge in [0.15, 0.2) is 0 Å². The van der Waals surface area contributed by atoms with Gasteiger partial charge in [-0.05, 0) is 30.7 Å². The monoisotopic (exact) mass is 417 g/mol. The van der Waals surface area contributed by atoms with Gasteiger partial charge in [0.05, 0.1) is 28.5 Å².